The van der Waals surface area contributed by atoms with Crippen LogP contribution in [0, 0.1) is 5.41 Å². The molecule has 0 unspecified atom stereocenters. The van der Waals surface area contributed by atoms with Gasteiger partial charge in [-0.1, -0.05) is 63.2 Å². The van der Waals surface area contributed by atoms with E-state index in [1.807, 2.05) is 7.05 Å². The number of hydrogen-bond acceptors (Lipinski definition) is 2. The van der Waals surface area contributed by atoms with Gasteiger partial charge in [-0.05, 0) is 28.8 Å². The van der Waals surface area contributed by atoms with E-state index in [1.165, 1.54) is 16.3 Å². The predicted octanol–water partition coefficient (Wildman–Crippen LogP) is 3.55. The van der Waals surface area contributed by atoms with Crippen LogP contribution in [-0.2, 0) is 0 Å². The van der Waals surface area contributed by atoms with Crippen molar-refractivity contribution in [2.24, 2.45) is 5.41 Å². The van der Waals surface area contributed by atoms with Crippen LogP contribution in [0.4, 0.5) is 0 Å². The van der Waals surface area contributed by atoms with E-state index >= 15 is 0 Å². The third kappa shape index (κ3) is 3.20. The molecule has 0 spiro atoms. The van der Waals surface area contributed by atoms with Gasteiger partial charge < -0.3 is 10.4 Å². The molecular weight excluding hydrogens is 246 g/mol. The van der Waals surface area contributed by atoms with Crippen molar-refractivity contribution in [3.05, 3.63) is 48.0 Å². The van der Waals surface area contributed by atoms with E-state index in [0.717, 1.165) is 6.54 Å². The topological polar surface area (TPSA) is 32.3 Å². The maximum atomic E-state index is 10.7. The van der Waals surface area contributed by atoms with Gasteiger partial charge in [0.15, 0.2) is 0 Å². The number of benzene rings is 2. The third-order valence-electron chi connectivity index (χ3n) is 3.89. The fourth-order valence-corrected chi connectivity index (χ4v) is 2.67. The molecular formula is C18H25NO. The van der Waals surface area contributed by atoms with E-state index in [0.29, 0.717) is 0 Å². The Morgan fingerprint density at radius 1 is 1.05 bits per heavy atom. The van der Waals surface area contributed by atoms with E-state index in [2.05, 4.69) is 68.6 Å². The second kappa shape index (κ2) is 5.94. The number of aliphatic hydroxyl groups excluding tert-OH is 1. The number of fused-ring (bicyclic) bond motifs is 1. The SMILES string of the molecule is CNC[C@H](c1ccc2ccccc2c1)[C@H](O)C(C)(C)C. The van der Waals surface area contributed by atoms with Crippen LogP contribution in [0.15, 0.2) is 42.5 Å². The minimum Gasteiger partial charge on any atom is -0.392 e. The molecule has 2 atom stereocenters. The summed E-state index contributed by atoms with van der Waals surface area (Å²) >= 11 is 0. The zero-order chi connectivity index (χ0) is 14.8. The standard InChI is InChI=1S/C18H25NO/c1-18(2,3)17(20)16(12-19-4)15-10-9-13-7-5-6-8-14(13)11-15/h5-11,16-17,19-20H,12H2,1-4H3/t16-,17+/m1/s1. The summed E-state index contributed by atoms with van der Waals surface area (Å²) in [5, 5.41) is 16.3. The first-order valence-electron chi connectivity index (χ1n) is 7.25. The smallest absolute Gasteiger partial charge is 0.0669 e. The Labute approximate surface area is 121 Å². The average molecular weight is 271 g/mol. The Hall–Kier alpha value is -1.38. The zero-order valence-corrected chi connectivity index (χ0v) is 12.9. The maximum Gasteiger partial charge on any atom is 0.0669 e. The van der Waals surface area contributed by atoms with Gasteiger partial charge in [0.1, 0.15) is 0 Å². The van der Waals surface area contributed by atoms with E-state index in [4.69, 9.17) is 0 Å². The largest absolute Gasteiger partial charge is 0.392 e. The van der Waals surface area contributed by atoms with Crippen molar-refractivity contribution in [3.63, 3.8) is 0 Å². The van der Waals surface area contributed by atoms with E-state index in [-0.39, 0.29) is 17.4 Å². The van der Waals surface area contributed by atoms with Gasteiger partial charge in [0.2, 0.25) is 0 Å². The molecule has 2 aromatic rings. The van der Waals surface area contributed by atoms with Crippen molar-refractivity contribution in [3.8, 4) is 0 Å². The molecule has 0 heterocycles. The Bertz CT molecular complexity index is 571. The Balaban J connectivity index is 2.41. The van der Waals surface area contributed by atoms with Crippen LogP contribution in [-0.4, -0.2) is 24.8 Å². The number of aliphatic hydroxyl groups is 1. The van der Waals surface area contributed by atoms with Gasteiger partial charge in [-0.25, -0.2) is 0 Å². The fraction of sp³-hybridized carbons (Fsp3) is 0.444. The minimum atomic E-state index is -0.379. The Kier molecular flexibility index (Phi) is 4.46. The molecule has 2 rings (SSSR count). The quantitative estimate of drug-likeness (QED) is 0.891. The number of hydrogen-bond donors (Lipinski definition) is 2. The van der Waals surface area contributed by atoms with Gasteiger partial charge >= 0.3 is 0 Å². The van der Waals surface area contributed by atoms with Crippen LogP contribution in [0.3, 0.4) is 0 Å². The molecule has 2 nitrogen and oxygen atoms in total. The highest BCUT2D eigenvalue weighted by atomic mass is 16.3. The summed E-state index contributed by atoms with van der Waals surface area (Å²) in [6.07, 6.45) is -0.379. The molecule has 2 aromatic carbocycles. The lowest BCUT2D eigenvalue weighted by atomic mass is 9.78. The molecule has 0 radical (unpaired) electrons. The molecule has 0 saturated carbocycles. The molecule has 0 aliphatic heterocycles. The first kappa shape index (κ1) is 15.0. The molecule has 2 N–H and O–H groups in total. The highest BCUT2D eigenvalue weighted by Crippen LogP contribution is 2.32. The number of likely N-dealkylation sites (N-methyl/N-ethyl adjacent to an activating group) is 1. The molecule has 108 valence electrons. The molecule has 0 bridgehead atoms. The Morgan fingerprint density at radius 2 is 1.70 bits per heavy atom. The lowest BCUT2D eigenvalue weighted by Gasteiger charge is -2.33. The molecule has 0 amide bonds. The first-order valence-corrected chi connectivity index (χ1v) is 7.25. The molecule has 0 aromatic heterocycles. The minimum absolute atomic E-state index is 0.101. The van der Waals surface area contributed by atoms with Crippen molar-refractivity contribution in [1.29, 1.82) is 0 Å². The van der Waals surface area contributed by atoms with Crippen molar-refractivity contribution >= 4 is 10.8 Å². The predicted molar refractivity (Wildman–Crippen MR) is 86.1 cm³/mol. The van der Waals surface area contributed by atoms with Crippen LogP contribution >= 0.6 is 0 Å². The van der Waals surface area contributed by atoms with Gasteiger partial charge in [0, 0.05) is 12.5 Å². The van der Waals surface area contributed by atoms with Crippen molar-refractivity contribution < 1.29 is 5.11 Å². The molecule has 0 saturated heterocycles. The normalized spacial score (nSPS) is 15.2. The highest BCUT2D eigenvalue weighted by molar-refractivity contribution is 5.83. The van der Waals surface area contributed by atoms with Crippen molar-refractivity contribution in [2.75, 3.05) is 13.6 Å². The van der Waals surface area contributed by atoms with Gasteiger partial charge in [0.05, 0.1) is 6.10 Å². The lowest BCUT2D eigenvalue weighted by Crippen LogP contribution is -2.37. The average Bonchev–Trinajstić information content (AvgIpc) is 2.42. The summed E-state index contributed by atoms with van der Waals surface area (Å²) < 4.78 is 0. The van der Waals surface area contributed by atoms with Crippen molar-refractivity contribution in [2.45, 2.75) is 32.8 Å². The lowest BCUT2D eigenvalue weighted by molar-refractivity contribution is 0.0389. The fourth-order valence-electron chi connectivity index (χ4n) is 2.67. The molecule has 0 aliphatic rings. The van der Waals surface area contributed by atoms with E-state index < -0.39 is 0 Å². The number of rotatable bonds is 4. The summed E-state index contributed by atoms with van der Waals surface area (Å²) in [5.41, 5.74) is 1.06. The van der Waals surface area contributed by atoms with Crippen LogP contribution < -0.4 is 5.32 Å². The second-order valence-electron chi connectivity index (χ2n) is 6.58. The molecule has 2 heteroatoms. The molecule has 0 aliphatic carbocycles. The summed E-state index contributed by atoms with van der Waals surface area (Å²) in [4.78, 5) is 0. The summed E-state index contributed by atoms with van der Waals surface area (Å²) in [7, 11) is 1.93. The summed E-state index contributed by atoms with van der Waals surface area (Å²) in [5.74, 6) is 0.101. The maximum absolute atomic E-state index is 10.7. The van der Waals surface area contributed by atoms with Crippen LogP contribution in [0.2, 0.25) is 0 Å². The van der Waals surface area contributed by atoms with Crippen molar-refractivity contribution in [1.82, 2.24) is 5.32 Å². The Morgan fingerprint density at radius 3 is 2.30 bits per heavy atom. The molecule has 20 heavy (non-hydrogen) atoms. The monoisotopic (exact) mass is 271 g/mol. The third-order valence-corrected chi connectivity index (χ3v) is 3.89. The van der Waals surface area contributed by atoms with Gasteiger partial charge in [-0.15, -0.1) is 0 Å². The van der Waals surface area contributed by atoms with Gasteiger partial charge in [0.25, 0.3) is 0 Å². The highest BCUT2D eigenvalue weighted by Gasteiger charge is 2.31. The zero-order valence-electron chi connectivity index (χ0n) is 12.9. The first-order chi connectivity index (χ1) is 9.43. The van der Waals surface area contributed by atoms with Gasteiger partial charge in [-0.2, -0.15) is 0 Å². The second-order valence-corrected chi connectivity index (χ2v) is 6.58. The summed E-state index contributed by atoms with van der Waals surface area (Å²) in [6.45, 7) is 7.03. The number of nitrogens with one attached hydrogen (secondary N) is 1. The van der Waals surface area contributed by atoms with Crippen LogP contribution in [0.1, 0.15) is 32.3 Å². The van der Waals surface area contributed by atoms with Crippen LogP contribution in [0.25, 0.3) is 10.8 Å². The van der Waals surface area contributed by atoms with E-state index in [1.54, 1.807) is 0 Å². The molecule has 0 fully saturated rings. The van der Waals surface area contributed by atoms with E-state index in [9.17, 15) is 5.11 Å². The summed E-state index contributed by atoms with van der Waals surface area (Å²) in [6, 6.07) is 14.8. The van der Waals surface area contributed by atoms with Crippen LogP contribution in [0.5, 0.6) is 0 Å². The van der Waals surface area contributed by atoms with Gasteiger partial charge in [-0.3, -0.25) is 0 Å².